The lowest BCUT2D eigenvalue weighted by molar-refractivity contribution is 0.906. The predicted octanol–water partition coefficient (Wildman–Crippen LogP) is 3.40. The van der Waals surface area contributed by atoms with Crippen LogP contribution in [0, 0.1) is 0 Å². The minimum atomic E-state index is 1.19. The van der Waals surface area contributed by atoms with Crippen molar-refractivity contribution in [1.29, 1.82) is 0 Å². The molecule has 58 valence electrons. The highest BCUT2D eigenvalue weighted by Crippen LogP contribution is 2.27. The molecule has 0 heteroatoms. The van der Waals surface area contributed by atoms with Crippen molar-refractivity contribution >= 4 is 0 Å². The van der Waals surface area contributed by atoms with E-state index in [-0.39, 0.29) is 0 Å². The van der Waals surface area contributed by atoms with Gasteiger partial charge in [-0.15, -0.1) is 0 Å². The van der Waals surface area contributed by atoms with Crippen LogP contribution < -0.4 is 0 Å². The number of allylic oxidation sites excluding steroid dienone is 6. The van der Waals surface area contributed by atoms with Crippen LogP contribution in [-0.4, -0.2) is 0 Å². The zero-order chi connectivity index (χ0) is 8.10. The molecule has 0 heterocycles. The topological polar surface area (TPSA) is 0 Å². The fraction of sp³-hybridized carbons (Fsp3) is 0.273. The highest BCUT2D eigenvalue weighted by molar-refractivity contribution is 5.36. The zero-order valence-electron chi connectivity index (χ0n) is 6.84. The van der Waals surface area contributed by atoms with Gasteiger partial charge in [-0.2, -0.15) is 0 Å². The summed E-state index contributed by atoms with van der Waals surface area (Å²) in [6.45, 7) is 7.42. The minimum Gasteiger partial charge on any atom is -0.0991 e. The highest BCUT2D eigenvalue weighted by atomic mass is 14.1. The number of rotatable bonds is 3. The van der Waals surface area contributed by atoms with Crippen molar-refractivity contribution in [3.63, 3.8) is 0 Å². The van der Waals surface area contributed by atoms with Gasteiger partial charge in [-0.3, -0.25) is 0 Å². The second kappa shape index (κ2) is 3.97. The highest BCUT2D eigenvalue weighted by Gasteiger charge is 2.07. The second-order valence-electron chi connectivity index (χ2n) is 2.70. The van der Waals surface area contributed by atoms with Gasteiger partial charge in [0.1, 0.15) is 0 Å². The normalized spacial score (nSPS) is 17.8. The van der Waals surface area contributed by atoms with Gasteiger partial charge in [-0.25, -0.2) is 0 Å². The van der Waals surface area contributed by atoms with Crippen molar-refractivity contribution in [1.82, 2.24) is 0 Å². The van der Waals surface area contributed by atoms with Crippen LogP contribution in [0.25, 0.3) is 0 Å². The third kappa shape index (κ3) is 1.94. The molecule has 0 fully saturated rings. The molecule has 0 unspecified atom stereocenters. The Kier molecular flexibility index (Phi) is 2.91. The summed E-state index contributed by atoms with van der Waals surface area (Å²) in [5.74, 6) is 0. The van der Waals surface area contributed by atoms with Crippen LogP contribution in [0.4, 0.5) is 0 Å². The molecule has 1 rings (SSSR count). The SMILES string of the molecule is C=C/C=C\C1=C(C=C)CCC1. The largest absolute Gasteiger partial charge is 0.0991 e. The van der Waals surface area contributed by atoms with E-state index in [2.05, 4.69) is 19.2 Å². The Bertz CT molecular complexity index is 216. The van der Waals surface area contributed by atoms with E-state index in [1.807, 2.05) is 18.2 Å². The van der Waals surface area contributed by atoms with Gasteiger partial charge in [-0.1, -0.05) is 37.5 Å². The third-order valence-corrected chi connectivity index (χ3v) is 1.98. The fourth-order valence-electron chi connectivity index (χ4n) is 1.40. The second-order valence-corrected chi connectivity index (χ2v) is 2.70. The summed E-state index contributed by atoms with van der Waals surface area (Å²) < 4.78 is 0. The summed E-state index contributed by atoms with van der Waals surface area (Å²) in [4.78, 5) is 0. The van der Waals surface area contributed by atoms with Crippen LogP contribution in [-0.2, 0) is 0 Å². The van der Waals surface area contributed by atoms with Gasteiger partial charge in [0.25, 0.3) is 0 Å². The molecule has 0 aromatic carbocycles. The monoisotopic (exact) mass is 146 g/mol. The summed E-state index contributed by atoms with van der Waals surface area (Å²) in [6, 6.07) is 0. The van der Waals surface area contributed by atoms with E-state index >= 15 is 0 Å². The summed E-state index contributed by atoms with van der Waals surface area (Å²) in [5, 5.41) is 0. The molecule has 0 aromatic rings. The van der Waals surface area contributed by atoms with Crippen molar-refractivity contribution < 1.29 is 0 Å². The Morgan fingerprint density at radius 1 is 1.09 bits per heavy atom. The van der Waals surface area contributed by atoms with Crippen LogP contribution in [0.2, 0.25) is 0 Å². The van der Waals surface area contributed by atoms with Crippen LogP contribution in [0.5, 0.6) is 0 Å². The van der Waals surface area contributed by atoms with Gasteiger partial charge in [0.05, 0.1) is 0 Å². The van der Waals surface area contributed by atoms with Crippen molar-refractivity contribution in [2.24, 2.45) is 0 Å². The molecular formula is C11H14. The predicted molar refractivity (Wildman–Crippen MR) is 50.4 cm³/mol. The molecule has 1 aliphatic carbocycles. The smallest absolute Gasteiger partial charge is 0.0273 e. The van der Waals surface area contributed by atoms with E-state index in [0.29, 0.717) is 0 Å². The van der Waals surface area contributed by atoms with Crippen LogP contribution >= 0.6 is 0 Å². The molecule has 1 aliphatic rings. The first kappa shape index (κ1) is 8.06. The van der Waals surface area contributed by atoms with Crippen LogP contribution in [0.1, 0.15) is 19.3 Å². The van der Waals surface area contributed by atoms with E-state index in [1.165, 1.54) is 30.4 Å². The molecule has 0 atom stereocenters. The Balaban J connectivity index is 2.74. The maximum atomic E-state index is 3.78. The molecule has 0 nitrogen and oxygen atoms in total. The van der Waals surface area contributed by atoms with Gasteiger partial charge in [0.2, 0.25) is 0 Å². The maximum absolute atomic E-state index is 3.78. The summed E-state index contributed by atoms with van der Waals surface area (Å²) >= 11 is 0. The number of hydrogen-bond acceptors (Lipinski definition) is 0. The quantitative estimate of drug-likeness (QED) is 0.535. The molecule has 0 saturated carbocycles. The van der Waals surface area contributed by atoms with Crippen molar-refractivity contribution in [3.05, 3.63) is 48.6 Å². The lowest BCUT2D eigenvalue weighted by Gasteiger charge is -1.93. The first-order chi connectivity index (χ1) is 5.38. The zero-order valence-corrected chi connectivity index (χ0v) is 6.84. The molecule has 11 heavy (non-hydrogen) atoms. The fourth-order valence-corrected chi connectivity index (χ4v) is 1.40. The van der Waals surface area contributed by atoms with Crippen molar-refractivity contribution in [2.45, 2.75) is 19.3 Å². The molecule has 0 N–H and O–H groups in total. The van der Waals surface area contributed by atoms with Crippen LogP contribution in [0.15, 0.2) is 48.6 Å². The Morgan fingerprint density at radius 3 is 2.45 bits per heavy atom. The minimum absolute atomic E-state index is 1.19. The van der Waals surface area contributed by atoms with E-state index < -0.39 is 0 Å². The van der Waals surface area contributed by atoms with Crippen molar-refractivity contribution in [3.8, 4) is 0 Å². The number of hydrogen-bond donors (Lipinski definition) is 0. The molecule has 0 amide bonds. The molecule has 0 bridgehead atoms. The average Bonchev–Trinajstić information content (AvgIpc) is 2.47. The summed E-state index contributed by atoms with van der Waals surface area (Å²) in [6.07, 6.45) is 11.6. The van der Waals surface area contributed by atoms with Crippen LogP contribution in [0.3, 0.4) is 0 Å². The molecule has 0 radical (unpaired) electrons. The first-order valence-corrected chi connectivity index (χ1v) is 4.02. The van der Waals surface area contributed by atoms with Gasteiger partial charge in [0, 0.05) is 0 Å². The maximum Gasteiger partial charge on any atom is -0.0273 e. The van der Waals surface area contributed by atoms with E-state index in [4.69, 9.17) is 0 Å². The Labute approximate surface area is 68.6 Å². The van der Waals surface area contributed by atoms with Gasteiger partial charge in [0.15, 0.2) is 0 Å². The van der Waals surface area contributed by atoms with Crippen molar-refractivity contribution in [2.75, 3.05) is 0 Å². The van der Waals surface area contributed by atoms with E-state index in [0.717, 1.165) is 0 Å². The lowest BCUT2D eigenvalue weighted by Crippen LogP contribution is -1.73. The molecule has 0 saturated heterocycles. The third-order valence-electron chi connectivity index (χ3n) is 1.98. The molecule has 0 aliphatic heterocycles. The Morgan fingerprint density at radius 2 is 1.82 bits per heavy atom. The summed E-state index contributed by atoms with van der Waals surface area (Å²) in [5.41, 5.74) is 2.84. The first-order valence-electron chi connectivity index (χ1n) is 4.02. The molecule has 0 spiro atoms. The van der Waals surface area contributed by atoms with Gasteiger partial charge < -0.3 is 0 Å². The lowest BCUT2D eigenvalue weighted by atomic mass is 10.1. The van der Waals surface area contributed by atoms with Gasteiger partial charge in [-0.05, 0) is 30.4 Å². The Hall–Kier alpha value is -1.04. The summed E-state index contributed by atoms with van der Waals surface area (Å²) in [7, 11) is 0. The van der Waals surface area contributed by atoms with Gasteiger partial charge >= 0.3 is 0 Å². The van der Waals surface area contributed by atoms with E-state index in [9.17, 15) is 0 Å². The average molecular weight is 146 g/mol. The van der Waals surface area contributed by atoms with E-state index in [1.54, 1.807) is 0 Å². The molecular weight excluding hydrogens is 132 g/mol. The molecule has 0 aromatic heterocycles. The standard InChI is InChI=1S/C11H14/c1-3-5-7-11-9-6-8-10(11)4-2/h3-5,7H,1-2,6,8-9H2/b7-5-.